The highest BCUT2D eigenvalue weighted by Crippen LogP contribution is 2.20. The van der Waals surface area contributed by atoms with Crippen LogP contribution >= 0.6 is 0 Å². The first-order valence-electron chi connectivity index (χ1n) is 7.72. The zero-order valence-corrected chi connectivity index (χ0v) is 14.5. The first-order chi connectivity index (χ1) is 12.3. The van der Waals surface area contributed by atoms with E-state index >= 15 is 0 Å². The second-order valence-electron chi connectivity index (χ2n) is 5.53. The fraction of sp³-hybridized carbons (Fsp3) is 0.222. The molecule has 0 saturated heterocycles. The Morgan fingerprint density at radius 2 is 1.92 bits per heavy atom. The van der Waals surface area contributed by atoms with E-state index < -0.39 is 22.9 Å². The van der Waals surface area contributed by atoms with E-state index in [-0.39, 0.29) is 11.3 Å². The Morgan fingerprint density at radius 3 is 2.58 bits per heavy atom. The van der Waals surface area contributed by atoms with Gasteiger partial charge in [0.2, 0.25) is 0 Å². The highest BCUT2D eigenvalue weighted by Gasteiger charge is 2.21. The lowest BCUT2D eigenvalue weighted by Crippen LogP contribution is -2.30. The molecule has 0 bridgehead atoms. The van der Waals surface area contributed by atoms with Crippen LogP contribution in [-0.4, -0.2) is 30.0 Å². The lowest BCUT2D eigenvalue weighted by Gasteiger charge is -2.14. The summed E-state index contributed by atoms with van der Waals surface area (Å²) in [6.45, 7) is 2.98. The highest BCUT2D eigenvalue weighted by atomic mass is 16.6. The molecule has 0 spiro atoms. The number of methoxy groups -OCH3 is 1. The lowest BCUT2D eigenvalue weighted by molar-refractivity contribution is -0.385. The van der Waals surface area contributed by atoms with Gasteiger partial charge in [0.1, 0.15) is 5.75 Å². The molecule has 2 aromatic carbocycles. The van der Waals surface area contributed by atoms with Gasteiger partial charge < -0.3 is 14.8 Å². The van der Waals surface area contributed by atoms with E-state index in [0.717, 1.165) is 6.07 Å². The van der Waals surface area contributed by atoms with Crippen LogP contribution in [0.4, 0.5) is 11.4 Å². The fourth-order valence-corrected chi connectivity index (χ4v) is 2.16. The zero-order valence-electron chi connectivity index (χ0n) is 14.5. The monoisotopic (exact) mass is 358 g/mol. The molecule has 0 aliphatic heterocycles. The largest absolute Gasteiger partial charge is 0.497 e. The topological polar surface area (TPSA) is 108 Å². The number of carbonyl (C=O) groups is 2. The van der Waals surface area contributed by atoms with Gasteiger partial charge in [-0.25, -0.2) is 4.79 Å². The Hall–Kier alpha value is -3.42. The van der Waals surface area contributed by atoms with Crippen molar-refractivity contribution in [2.24, 2.45) is 0 Å². The van der Waals surface area contributed by atoms with Crippen molar-refractivity contribution in [3.8, 4) is 5.75 Å². The molecule has 0 saturated carbocycles. The smallest absolute Gasteiger partial charge is 0.339 e. The SMILES string of the molecule is COc1cccc(NC(=O)[C@H](C)OC(=O)c2ccc(C)c([N+](=O)[O-])c2)c1. The number of nitro benzene ring substituents is 1. The van der Waals surface area contributed by atoms with Crippen molar-refractivity contribution < 1.29 is 24.0 Å². The van der Waals surface area contributed by atoms with Crippen molar-refractivity contribution in [2.45, 2.75) is 20.0 Å². The number of rotatable bonds is 6. The van der Waals surface area contributed by atoms with Crippen molar-refractivity contribution >= 4 is 23.3 Å². The summed E-state index contributed by atoms with van der Waals surface area (Å²) in [5, 5.41) is 13.6. The summed E-state index contributed by atoms with van der Waals surface area (Å²) >= 11 is 0. The number of nitro groups is 1. The summed E-state index contributed by atoms with van der Waals surface area (Å²) < 4.78 is 10.2. The number of ether oxygens (including phenoxy) is 2. The van der Waals surface area contributed by atoms with Gasteiger partial charge in [0.25, 0.3) is 11.6 Å². The third-order valence-electron chi connectivity index (χ3n) is 3.63. The molecule has 1 N–H and O–H groups in total. The number of carbonyl (C=O) groups excluding carboxylic acids is 2. The van der Waals surface area contributed by atoms with Crippen molar-refractivity contribution in [3.63, 3.8) is 0 Å². The molecular weight excluding hydrogens is 340 g/mol. The molecule has 0 aromatic heterocycles. The normalized spacial score (nSPS) is 11.3. The predicted molar refractivity (Wildman–Crippen MR) is 94.3 cm³/mol. The van der Waals surface area contributed by atoms with Crippen LogP contribution in [0.2, 0.25) is 0 Å². The molecule has 0 heterocycles. The predicted octanol–water partition coefficient (Wildman–Crippen LogP) is 3.10. The maximum Gasteiger partial charge on any atom is 0.339 e. The summed E-state index contributed by atoms with van der Waals surface area (Å²) in [6, 6.07) is 10.7. The number of anilines is 1. The first kappa shape index (κ1) is 18.9. The minimum Gasteiger partial charge on any atom is -0.497 e. The van der Waals surface area contributed by atoms with E-state index in [0.29, 0.717) is 17.0 Å². The van der Waals surface area contributed by atoms with E-state index in [1.807, 2.05) is 0 Å². The molecule has 0 fully saturated rings. The van der Waals surface area contributed by atoms with Gasteiger partial charge in [-0.2, -0.15) is 0 Å². The summed E-state index contributed by atoms with van der Waals surface area (Å²) in [5.74, 6) is -0.783. The van der Waals surface area contributed by atoms with Gasteiger partial charge in [0, 0.05) is 23.4 Å². The first-order valence-corrected chi connectivity index (χ1v) is 7.72. The molecular formula is C18H18N2O6. The number of nitrogens with zero attached hydrogens (tertiary/aromatic N) is 1. The molecule has 1 atom stereocenters. The number of esters is 1. The molecule has 8 nitrogen and oxygen atoms in total. The van der Waals surface area contributed by atoms with Crippen molar-refractivity contribution in [1.82, 2.24) is 0 Å². The number of hydrogen-bond acceptors (Lipinski definition) is 6. The molecule has 0 aliphatic carbocycles. The molecule has 0 aliphatic rings. The van der Waals surface area contributed by atoms with Gasteiger partial charge >= 0.3 is 5.97 Å². The molecule has 0 unspecified atom stereocenters. The van der Waals surface area contributed by atoms with Crippen LogP contribution in [-0.2, 0) is 9.53 Å². The van der Waals surface area contributed by atoms with Gasteiger partial charge in [-0.05, 0) is 32.0 Å². The minimum absolute atomic E-state index is 0.00308. The van der Waals surface area contributed by atoms with Gasteiger partial charge in [-0.1, -0.05) is 12.1 Å². The summed E-state index contributed by atoms with van der Waals surface area (Å²) in [5.41, 5.74) is 0.731. The fourth-order valence-electron chi connectivity index (χ4n) is 2.16. The van der Waals surface area contributed by atoms with E-state index in [1.54, 1.807) is 31.2 Å². The second kappa shape index (κ2) is 8.11. The van der Waals surface area contributed by atoms with Gasteiger partial charge in [0.05, 0.1) is 17.6 Å². The second-order valence-corrected chi connectivity index (χ2v) is 5.53. The molecule has 26 heavy (non-hydrogen) atoms. The average molecular weight is 358 g/mol. The van der Waals surface area contributed by atoms with Crippen LogP contribution in [0.1, 0.15) is 22.8 Å². The van der Waals surface area contributed by atoms with Crippen LogP contribution in [0.5, 0.6) is 5.75 Å². The summed E-state index contributed by atoms with van der Waals surface area (Å²) in [7, 11) is 1.51. The van der Waals surface area contributed by atoms with Crippen molar-refractivity contribution in [2.75, 3.05) is 12.4 Å². The number of aryl methyl sites for hydroxylation is 1. The summed E-state index contributed by atoms with van der Waals surface area (Å²) in [4.78, 5) is 34.7. The van der Waals surface area contributed by atoms with Crippen LogP contribution in [0, 0.1) is 17.0 Å². The molecule has 1 amide bonds. The summed E-state index contributed by atoms with van der Waals surface area (Å²) in [6.07, 6.45) is -1.09. The highest BCUT2D eigenvalue weighted by molar-refractivity contribution is 5.97. The Kier molecular flexibility index (Phi) is 5.90. The van der Waals surface area contributed by atoms with Crippen LogP contribution in [0.3, 0.4) is 0 Å². The Labute approximate surface area is 149 Å². The van der Waals surface area contributed by atoms with Gasteiger partial charge in [-0.15, -0.1) is 0 Å². The van der Waals surface area contributed by atoms with E-state index in [1.165, 1.54) is 26.2 Å². The van der Waals surface area contributed by atoms with Gasteiger partial charge in [0.15, 0.2) is 6.10 Å². The molecule has 2 rings (SSSR count). The Morgan fingerprint density at radius 1 is 1.19 bits per heavy atom. The quantitative estimate of drug-likeness (QED) is 0.483. The third-order valence-corrected chi connectivity index (χ3v) is 3.63. The van der Waals surface area contributed by atoms with E-state index in [2.05, 4.69) is 5.32 Å². The zero-order chi connectivity index (χ0) is 19.3. The molecule has 2 aromatic rings. The number of hydrogen-bond donors (Lipinski definition) is 1. The molecule has 8 heteroatoms. The van der Waals surface area contributed by atoms with Crippen LogP contribution in [0.15, 0.2) is 42.5 Å². The van der Waals surface area contributed by atoms with Crippen LogP contribution < -0.4 is 10.1 Å². The Bertz CT molecular complexity index is 849. The minimum atomic E-state index is -1.09. The number of nitrogens with one attached hydrogen (secondary N) is 1. The van der Waals surface area contributed by atoms with Crippen LogP contribution in [0.25, 0.3) is 0 Å². The Balaban J connectivity index is 2.05. The standard InChI is InChI=1S/C18H18N2O6/c1-11-7-8-13(9-16(11)20(23)24)18(22)26-12(2)17(21)19-14-5-4-6-15(10-14)25-3/h4-10,12H,1-3H3,(H,19,21)/t12-/m0/s1. The maximum atomic E-state index is 12.2. The third kappa shape index (κ3) is 4.56. The van der Waals surface area contributed by atoms with Gasteiger partial charge in [-0.3, -0.25) is 14.9 Å². The molecule has 0 radical (unpaired) electrons. The number of amides is 1. The van der Waals surface area contributed by atoms with Crippen molar-refractivity contribution in [1.29, 1.82) is 0 Å². The molecule has 136 valence electrons. The van der Waals surface area contributed by atoms with E-state index in [9.17, 15) is 19.7 Å². The van der Waals surface area contributed by atoms with E-state index in [4.69, 9.17) is 9.47 Å². The number of benzene rings is 2. The van der Waals surface area contributed by atoms with Crippen molar-refractivity contribution in [3.05, 3.63) is 63.7 Å². The lowest BCUT2D eigenvalue weighted by atomic mass is 10.1. The maximum absolute atomic E-state index is 12.2. The average Bonchev–Trinajstić information content (AvgIpc) is 2.61.